The van der Waals surface area contributed by atoms with Crippen LogP contribution in [0.2, 0.25) is 0 Å². The number of carbonyl (C=O) groups excluding carboxylic acids is 1. The van der Waals surface area contributed by atoms with Crippen LogP contribution in [0.1, 0.15) is 43.1 Å². The lowest BCUT2D eigenvalue weighted by Crippen LogP contribution is -2.17. The number of ketones is 1. The summed E-state index contributed by atoms with van der Waals surface area (Å²) >= 11 is 0. The van der Waals surface area contributed by atoms with E-state index in [1.54, 1.807) is 26.4 Å². The van der Waals surface area contributed by atoms with Crippen molar-refractivity contribution in [2.75, 3.05) is 20.8 Å². The van der Waals surface area contributed by atoms with Gasteiger partial charge in [-0.3, -0.25) is 4.79 Å². The van der Waals surface area contributed by atoms with Crippen LogP contribution in [0.4, 0.5) is 0 Å². The van der Waals surface area contributed by atoms with Crippen LogP contribution in [0.25, 0.3) is 0 Å². The van der Waals surface area contributed by atoms with Crippen molar-refractivity contribution in [3.8, 4) is 11.5 Å². The minimum Gasteiger partial charge on any atom is -0.493 e. The molecule has 0 saturated carbocycles. The van der Waals surface area contributed by atoms with Crippen LogP contribution in [-0.2, 0) is 4.74 Å². The fourth-order valence-electron chi connectivity index (χ4n) is 2.20. The average molecular weight is 291 g/mol. The monoisotopic (exact) mass is 291 g/mol. The number of aliphatic imine (C=N–C) groups is 1. The molecule has 1 aliphatic rings. The molecule has 1 aliphatic heterocycles. The van der Waals surface area contributed by atoms with Crippen LogP contribution in [0.3, 0.4) is 0 Å². The van der Waals surface area contributed by atoms with Gasteiger partial charge in [-0.15, -0.1) is 0 Å². The molecule has 0 aromatic heterocycles. The summed E-state index contributed by atoms with van der Waals surface area (Å²) in [5.41, 5.74) is 0.923. The molecular weight excluding hydrogens is 270 g/mol. The van der Waals surface area contributed by atoms with Gasteiger partial charge < -0.3 is 14.2 Å². The molecule has 0 aliphatic carbocycles. The van der Waals surface area contributed by atoms with Gasteiger partial charge in [0.2, 0.25) is 5.90 Å². The molecular formula is C16H21NO4. The lowest BCUT2D eigenvalue weighted by atomic mass is 10.0. The molecule has 0 N–H and O–H groups in total. The second-order valence-electron chi connectivity index (χ2n) is 5.55. The first-order valence-corrected chi connectivity index (χ1v) is 6.94. The van der Waals surface area contributed by atoms with E-state index in [4.69, 9.17) is 14.2 Å². The highest BCUT2D eigenvalue weighted by atomic mass is 16.5. The first-order valence-electron chi connectivity index (χ1n) is 6.94. The molecule has 114 valence electrons. The van der Waals surface area contributed by atoms with E-state index < -0.39 is 0 Å². The van der Waals surface area contributed by atoms with Gasteiger partial charge in [0.1, 0.15) is 6.61 Å². The number of benzene rings is 1. The second kappa shape index (κ2) is 5.76. The number of nitrogens with zero attached hydrogens (tertiary/aromatic N) is 1. The van der Waals surface area contributed by atoms with Crippen LogP contribution in [0, 0.1) is 0 Å². The first-order chi connectivity index (χ1) is 9.91. The largest absolute Gasteiger partial charge is 0.493 e. The van der Waals surface area contributed by atoms with E-state index in [1.807, 2.05) is 20.8 Å². The predicted molar refractivity (Wildman–Crippen MR) is 80.7 cm³/mol. The second-order valence-corrected chi connectivity index (χ2v) is 5.55. The summed E-state index contributed by atoms with van der Waals surface area (Å²) in [6.07, 6.45) is 0.402. The summed E-state index contributed by atoms with van der Waals surface area (Å²) < 4.78 is 16.2. The Balaban J connectivity index is 2.60. The van der Waals surface area contributed by atoms with Crippen molar-refractivity contribution in [3.05, 3.63) is 23.3 Å². The Morgan fingerprint density at radius 2 is 1.90 bits per heavy atom. The lowest BCUT2D eigenvalue weighted by molar-refractivity contribution is 0.0987. The predicted octanol–water partition coefficient (Wildman–Crippen LogP) is 2.85. The number of rotatable bonds is 5. The molecule has 2 rings (SSSR count). The number of Topliss-reactive ketones (excluding diaryl/α,β-unsaturated/α-hetero) is 1. The maximum absolute atomic E-state index is 12.2. The Hall–Kier alpha value is -2.04. The zero-order chi connectivity index (χ0) is 15.6. The Morgan fingerprint density at radius 3 is 2.38 bits per heavy atom. The molecule has 0 amide bonds. The van der Waals surface area contributed by atoms with Crippen LogP contribution in [-0.4, -0.2) is 38.0 Å². The summed E-state index contributed by atoms with van der Waals surface area (Å²) in [4.78, 5) is 16.8. The molecule has 0 atom stereocenters. The number of ether oxygens (including phenoxy) is 3. The fourth-order valence-corrected chi connectivity index (χ4v) is 2.20. The van der Waals surface area contributed by atoms with Crippen molar-refractivity contribution in [3.63, 3.8) is 0 Å². The normalized spacial score (nSPS) is 16.1. The summed E-state index contributed by atoms with van der Waals surface area (Å²) in [7, 11) is 3.11. The maximum Gasteiger partial charge on any atom is 0.217 e. The van der Waals surface area contributed by atoms with Gasteiger partial charge in [0, 0.05) is 12.0 Å². The van der Waals surface area contributed by atoms with Gasteiger partial charge in [0.05, 0.1) is 25.3 Å². The van der Waals surface area contributed by atoms with Crippen molar-refractivity contribution >= 4 is 11.7 Å². The van der Waals surface area contributed by atoms with Gasteiger partial charge in [-0.1, -0.05) is 6.92 Å². The molecule has 0 unspecified atom stereocenters. The van der Waals surface area contributed by atoms with E-state index in [-0.39, 0.29) is 11.3 Å². The molecule has 0 spiro atoms. The van der Waals surface area contributed by atoms with Crippen LogP contribution < -0.4 is 9.47 Å². The topological polar surface area (TPSA) is 57.1 Å². The van der Waals surface area contributed by atoms with Crippen molar-refractivity contribution in [1.29, 1.82) is 0 Å². The van der Waals surface area contributed by atoms with E-state index in [0.29, 0.717) is 41.6 Å². The Bertz CT molecular complexity index is 590. The maximum atomic E-state index is 12.2. The van der Waals surface area contributed by atoms with E-state index >= 15 is 0 Å². The van der Waals surface area contributed by atoms with Crippen LogP contribution in [0.15, 0.2) is 17.1 Å². The van der Waals surface area contributed by atoms with Crippen molar-refractivity contribution in [1.82, 2.24) is 0 Å². The molecule has 1 heterocycles. The number of hydrogen-bond acceptors (Lipinski definition) is 5. The van der Waals surface area contributed by atoms with Gasteiger partial charge in [-0.2, -0.15) is 0 Å². The molecule has 0 fully saturated rings. The third-order valence-corrected chi connectivity index (χ3v) is 3.34. The number of methoxy groups -OCH3 is 2. The Kier molecular flexibility index (Phi) is 4.21. The first kappa shape index (κ1) is 15.4. The minimum absolute atomic E-state index is 0.0157. The molecule has 1 aromatic carbocycles. The standard InChI is InChI=1S/C16H21NO4/c1-6-12(18)10-7-13(19-4)14(20-5)8-11(10)15-17-16(2,3)9-21-15/h7-8H,6,9H2,1-5H3. The molecule has 1 aromatic rings. The zero-order valence-corrected chi connectivity index (χ0v) is 13.1. The zero-order valence-electron chi connectivity index (χ0n) is 13.1. The third-order valence-electron chi connectivity index (χ3n) is 3.34. The van der Waals surface area contributed by atoms with Crippen LogP contribution in [0.5, 0.6) is 11.5 Å². The molecule has 0 radical (unpaired) electrons. The Morgan fingerprint density at radius 1 is 1.29 bits per heavy atom. The smallest absolute Gasteiger partial charge is 0.217 e. The lowest BCUT2D eigenvalue weighted by Gasteiger charge is -2.13. The molecule has 0 saturated heterocycles. The van der Waals surface area contributed by atoms with Crippen molar-refractivity contribution in [2.24, 2.45) is 4.99 Å². The van der Waals surface area contributed by atoms with Gasteiger partial charge in [0.25, 0.3) is 0 Å². The van der Waals surface area contributed by atoms with E-state index in [1.165, 1.54) is 0 Å². The summed E-state index contributed by atoms with van der Waals surface area (Å²) in [5.74, 6) is 1.58. The van der Waals surface area contributed by atoms with Gasteiger partial charge >= 0.3 is 0 Å². The summed E-state index contributed by atoms with van der Waals surface area (Å²) in [6, 6.07) is 3.44. The number of carbonyl (C=O) groups is 1. The summed E-state index contributed by atoms with van der Waals surface area (Å²) in [6.45, 7) is 6.30. The highest BCUT2D eigenvalue weighted by Crippen LogP contribution is 2.33. The van der Waals surface area contributed by atoms with Gasteiger partial charge in [-0.05, 0) is 26.0 Å². The van der Waals surface area contributed by atoms with E-state index in [0.717, 1.165) is 0 Å². The molecule has 21 heavy (non-hydrogen) atoms. The van der Waals surface area contributed by atoms with E-state index in [9.17, 15) is 4.79 Å². The van der Waals surface area contributed by atoms with E-state index in [2.05, 4.69) is 4.99 Å². The average Bonchev–Trinajstić information content (AvgIpc) is 2.84. The minimum atomic E-state index is -0.283. The quantitative estimate of drug-likeness (QED) is 0.783. The number of hydrogen-bond donors (Lipinski definition) is 0. The van der Waals surface area contributed by atoms with Crippen LogP contribution >= 0.6 is 0 Å². The Labute approximate surface area is 124 Å². The molecule has 5 nitrogen and oxygen atoms in total. The van der Waals surface area contributed by atoms with Gasteiger partial charge in [-0.25, -0.2) is 4.99 Å². The third kappa shape index (κ3) is 3.01. The SMILES string of the molecule is CCC(=O)c1cc(OC)c(OC)cc1C1=NC(C)(C)CO1. The van der Waals surface area contributed by atoms with Crippen molar-refractivity contribution in [2.45, 2.75) is 32.7 Å². The highest BCUT2D eigenvalue weighted by Gasteiger charge is 2.30. The molecule has 0 bridgehead atoms. The molecule has 5 heteroatoms. The van der Waals surface area contributed by atoms with Gasteiger partial charge in [0.15, 0.2) is 17.3 Å². The van der Waals surface area contributed by atoms with Crippen molar-refractivity contribution < 1.29 is 19.0 Å². The summed E-state index contributed by atoms with van der Waals surface area (Å²) in [5, 5.41) is 0. The highest BCUT2D eigenvalue weighted by molar-refractivity contribution is 6.09. The fraction of sp³-hybridized carbons (Fsp3) is 0.500.